The third kappa shape index (κ3) is 8.33. The van der Waals surface area contributed by atoms with E-state index < -0.39 is 34.1 Å². The minimum Gasteiger partial charge on any atom is -0.497 e. The van der Waals surface area contributed by atoms with Gasteiger partial charge in [-0.3, -0.25) is 13.9 Å². The van der Waals surface area contributed by atoms with Crippen LogP contribution < -0.4 is 14.4 Å². The quantitative estimate of drug-likeness (QED) is 0.336. The molecule has 0 aliphatic heterocycles. The zero-order valence-corrected chi connectivity index (χ0v) is 25.8. The molecule has 0 radical (unpaired) electrons. The first-order chi connectivity index (χ1) is 19.2. The molecule has 0 saturated carbocycles. The lowest BCUT2D eigenvalue weighted by atomic mass is 10.0. The highest BCUT2D eigenvalue weighted by Gasteiger charge is 2.34. The molecule has 0 aromatic heterocycles. The van der Waals surface area contributed by atoms with Gasteiger partial charge in [0, 0.05) is 18.2 Å². The van der Waals surface area contributed by atoms with Crippen LogP contribution in [0.2, 0.25) is 0 Å². The number of aryl methyl sites for hydroxylation is 2. The summed E-state index contributed by atoms with van der Waals surface area (Å²) < 4.78 is 34.4. The van der Waals surface area contributed by atoms with Gasteiger partial charge >= 0.3 is 0 Å². The summed E-state index contributed by atoms with van der Waals surface area (Å²) in [6.45, 7) is 10.9. The Morgan fingerprint density at radius 2 is 1.59 bits per heavy atom. The lowest BCUT2D eigenvalue weighted by Crippen LogP contribution is -2.55. The first-order valence-electron chi connectivity index (χ1n) is 13.7. The number of amides is 2. The van der Waals surface area contributed by atoms with E-state index in [0.29, 0.717) is 12.2 Å². The summed E-state index contributed by atoms with van der Waals surface area (Å²) in [4.78, 5) is 29.1. The van der Waals surface area contributed by atoms with Gasteiger partial charge in [0.1, 0.15) is 18.3 Å². The topological polar surface area (TPSA) is 96.0 Å². The maximum atomic E-state index is 14.2. The van der Waals surface area contributed by atoms with Gasteiger partial charge in [0.05, 0.1) is 17.7 Å². The molecule has 1 N–H and O–H groups in total. The lowest BCUT2D eigenvalue weighted by Gasteiger charge is -2.35. The number of nitrogens with zero attached hydrogens (tertiary/aromatic N) is 2. The number of hydrogen-bond acceptors (Lipinski definition) is 5. The Balaban J connectivity index is 2.09. The van der Waals surface area contributed by atoms with E-state index in [4.69, 9.17) is 4.74 Å². The van der Waals surface area contributed by atoms with E-state index >= 15 is 0 Å². The second-order valence-electron chi connectivity index (χ2n) is 11.2. The molecule has 41 heavy (non-hydrogen) atoms. The number of carbonyl (C=O) groups is 2. The number of rotatable bonds is 11. The summed E-state index contributed by atoms with van der Waals surface area (Å²) in [7, 11) is -2.66. The normalized spacial score (nSPS) is 12.4. The fourth-order valence-corrected chi connectivity index (χ4v) is 5.92. The Bertz CT molecular complexity index is 1460. The predicted octanol–water partition coefficient (Wildman–Crippen LogP) is 5.23. The first-order valence-corrected chi connectivity index (χ1v) is 15.1. The summed E-state index contributed by atoms with van der Waals surface area (Å²) in [5.41, 5.74) is 2.54. The van der Waals surface area contributed by atoms with Gasteiger partial charge in [0.2, 0.25) is 11.8 Å². The summed E-state index contributed by atoms with van der Waals surface area (Å²) in [5.74, 6) is -0.345. The SMILES string of the molecule is CCC(C(=O)NC(C)(C)C)N(Cc1cccc(C)c1)C(=O)CN(c1cccc(OC)c1)S(=O)(=O)c1ccc(C)cc1. The Morgan fingerprint density at radius 3 is 2.17 bits per heavy atom. The molecule has 3 rings (SSSR count). The van der Waals surface area contributed by atoms with E-state index in [1.807, 2.05) is 65.8 Å². The minimum absolute atomic E-state index is 0.0569. The van der Waals surface area contributed by atoms with Crippen LogP contribution in [0.3, 0.4) is 0 Å². The molecular weight excluding hydrogens is 538 g/mol. The molecule has 0 saturated heterocycles. The number of hydrogen-bond donors (Lipinski definition) is 1. The second-order valence-corrected chi connectivity index (χ2v) is 13.1. The van der Waals surface area contributed by atoms with Crippen LogP contribution in [0.4, 0.5) is 5.69 Å². The van der Waals surface area contributed by atoms with Crippen LogP contribution in [0.1, 0.15) is 50.8 Å². The van der Waals surface area contributed by atoms with Gasteiger partial charge in [-0.2, -0.15) is 0 Å². The van der Waals surface area contributed by atoms with Gasteiger partial charge in [-0.05, 0) is 70.9 Å². The van der Waals surface area contributed by atoms with Crippen molar-refractivity contribution < 1.29 is 22.7 Å². The molecule has 220 valence electrons. The number of methoxy groups -OCH3 is 1. The summed E-state index contributed by atoms with van der Waals surface area (Å²) in [6, 6.07) is 20.0. The average molecular weight is 580 g/mol. The van der Waals surface area contributed by atoms with Crippen LogP contribution in [0.5, 0.6) is 5.75 Å². The molecule has 0 aliphatic rings. The zero-order chi connectivity index (χ0) is 30.4. The van der Waals surface area contributed by atoms with Crippen molar-refractivity contribution in [3.63, 3.8) is 0 Å². The summed E-state index contributed by atoms with van der Waals surface area (Å²) >= 11 is 0. The molecule has 3 aromatic rings. The lowest BCUT2D eigenvalue weighted by molar-refractivity contribution is -0.141. The molecule has 9 heteroatoms. The van der Waals surface area contributed by atoms with Crippen molar-refractivity contribution in [2.75, 3.05) is 18.0 Å². The van der Waals surface area contributed by atoms with Gasteiger partial charge in [-0.15, -0.1) is 0 Å². The van der Waals surface area contributed by atoms with Crippen LogP contribution in [0.25, 0.3) is 0 Å². The molecular formula is C32H41N3O5S. The van der Waals surface area contributed by atoms with E-state index in [1.54, 1.807) is 36.4 Å². The number of anilines is 1. The summed E-state index contributed by atoms with van der Waals surface area (Å²) in [6.07, 6.45) is 0.351. The largest absolute Gasteiger partial charge is 0.497 e. The molecule has 1 atom stereocenters. The fourth-order valence-electron chi connectivity index (χ4n) is 4.51. The molecule has 0 aliphatic carbocycles. The molecule has 0 heterocycles. The van der Waals surface area contributed by atoms with Gasteiger partial charge in [-0.1, -0.05) is 60.5 Å². The van der Waals surface area contributed by atoms with Crippen LogP contribution in [0, 0.1) is 13.8 Å². The van der Waals surface area contributed by atoms with Gasteiger partial charge in [0.15, 0.2) is 0 Å². The zero-order valence-electron chi connectivity index (χ0n) is 25.0. The number of benzene rings is 3. The Morgan fingerprint density at radius 1 is 0.927 bits per heavy atom. The van der Waals surface area contributed by atoms with Gasteiger partial charge in [0.25, 0.3) is 10.0 Å². The maximum Gasteiger partial charge on any atom is 0.264 e. The van der Waals surface area contributed by atoms with E-state index in [9.17, 15) is 18.0 Å². The van der Waals surface area contributed by atoms with E-state index in [1.165, 1.54) is 24.1 Å². The van der Waals surface area contributed by atoms with Crippen molar-refractivity contribution in [2.45, 2.75) is 71.0 Å². The Kier molecular flexibility index (Phi) is 10.2. The fraction of sp³-hybridized carbons (Fsp3) is 0.375. The highest BCUT2D eigenvalue weighted by atomic mass is 32.2. The average Bonchev–Trinajstić information content (AvgIpc) is 2.90. The summed E-state index contributed by atoms with van der Waals surface area (Å²) in [5, 5.41) is 2.98. The molecule has 0 spiro atoms. The molecule has 1 unspecified atom stereocenters. The third-order valence-electron chi connectivity index (χ3n) is 6.55. The van der Waals surface area contributed by atoms with Crippen molar-refractivity contribution in [2.24, 2.45) is 0 Å². The standard InChI is InChI=1S/C32H41N3O5S/c1-8-29(31(37)33-32(4,5)6)34(21-25-12-9-11-24(3)19-25)30(36)22-35(26-13-10-14-27(20-26)40-7)41(38,39)28-17-15-23(2)16-18-28/h9-20,29H,8,21-22H2,1-7H3,(H,33,37). The number of ether oxygens (including phenoxy) is 1. The molecule has 0 fully saturated rings. The Labute approximate surface area is 244 Å². The Hall–Kier alpha value is -3.85. The minimum atomic E-state index is -4.16. The first kappa shape index (κ1) is 31.7. The van der Waals surface area contributed by atoms with E-state index in [0.717, 1.165) is 21.0 Å². The molecule has 2 amide bonds. The van der Waals surface area contributed by atoms with Crippen molar-refractivity contribution in [1.82, 2.24) is 10.2 Å². The molecule has 3 aromatic carbocycles. The monoisotopic (exact) mass is 579 g/mol. The van der Waals surface area contributed by atoms with Crippen molar-refractivity contribution in [1.29, 1.82) is 0 Å². The van der Waals surface area contributed by atoms with Gasteiger partial charge < -0.3 is 15.0 Å². The number of nitrogens with one attached hydrogen (secondary N) is 1. The predicted molar refractivity (Wildman–Crippen MR) is 162 cm³/mol. The second kappa shape index (κ2) is 13.2. The highest BCUT2D eigenvalue weighted by molar-refractivity contribution is 7.92. The number of carbonyl (C=O) groups excluding carboxylic acids is 2. The van der Waals surface area contributed by atoms with Crippen molar-refractivity contribution in [3.8, 4) is 5.75 Å². The smallest absolute Gasteiger partial charge is 0.264 e. The van der Waals surface area contributed by atoms with Crippen LogP contribution in [0.15, 0.2) is 77.7 Å². The molecule has 0 bridgehead atoms. The highest BCUT2D eigenvalue weighted by Crippen LogP contribution is 2.28. The van der Waals surface area contributed by atoms with E-state index in [-0.39, 0.29) is 23.0 Å². The van der Waals surface area contributed by atoms with Gasteiger partial charge in [-0.25, -0.2) is 8.42 Å². The molecule has 8 nitrogen and oxygen atoms in total. The maximum absolute atomic E-state index is 14.2. The van der Waals surface area contributed by atoms with Crippen molar-refractivity contribution in [3.05, 3.63) is 89.5 Å². The third-order valence-corrected chi connectivity index (χ3v) is 8.34. The van der Waals surface area contributed by atoms with Crippen LogP contribution >= 0.6 is 0 Å². The number of sulfonamides is 1. The van der Waals surface area contributed by atoms with E-state index in [2.05, 4.69) is 5.32 Å². The van der Waals surface area contributed by atoms with Crippen molar-refractivity contribution >= 4 is 27.5 Å². The van der Waals surface area contributed by atoms with Crippen LogP contribution in [-0.2, 0) is 26.2 Å². The van der Waals surface area contributed by atoms with Crippen LogP contribution in [-0.4, -0.2) is 50.4 Å².